The van der Waals surface area contributed by atoms with Crippen molar-refractivity contribution in [2.24, 2.45) is 0 Å². The van der Waals surface area contributed by atoms with E-state index >= 15 is 0 Å². The second-order valence-corrected chi connectivity index (χ2v) is 8.35. The maximum absolute atomic E-state index is 12.4. The summed E-state index contributed by atoms with van der Waals surface area (Å²) in [6.45, 7) is 12.9. The van der Waals surface area contributed by atoms with E-state index in [1.54, 1.807) is 11.3 Å². The molecule has 140 valence electrons. The lowest BCUT2D eigenvalue weighted by molar-refractivity contribution is -0.124. The minimum absolute atomic E-state index is 0.264. The van der Waals surface area contributed by atoms with Crippen LogP contribution in [-0.2, 0) is 4.79 Å². The first-order valence-electron chi connectivity index (χ1n) is 8.70. The Hall–Kier alpha value is -1.67. The number of imide groups is 1. The largest absolute Gasteiger partial charge is 0.347 e. The molecule has 2 N–H and O–H groups in total. The minimum atomic E-state index is -0.445. The fraction of sp³-hybridized carbons (Fsp3) is 0.706. The average molecular weight is 368 g/mol. The summed E-state index contributed by atoms with van der Waals surface area (Å²) in [5, 5.41) is 8.29. The molecular weight excluding hydrogens is 338 g/mol. The van der Waals surface area contributed by atoms with Crippen LogP contribution in [0.2, 0.25) is 0 Å². The molecule has 1 aliphatic heterocycles. The molecule has 1 saturated heterocycles. The van der Waals surface area contributed by atoms with E-state index in [1.165, 1.54) is 0 Å². The summed E-state index contributed by atoms with van der Waals surface area (Å²) in [5.74, 6) is -0.264. The predicted molar refractivity (Wildman–Crippen MR) is 101 cm³/mol. The predicted octanol–water partition coefficient (Wildman–Crippen LogP) is 1.98. The number of urea groups is 1. The number of nitrogens with zero attached hydrogens (tertiary/aromatic N) is 3. The van der Waals surface area contributed by atoms with Gasteiger partial charge >= 0.3 is 6.03 Å². The Morgan fingerprint density at radius 1 is 1.24 bits per heavy atom. The Morgan fingerprint density at radius 3 is 2.56 bits per heavy atom. The summed E-state index contributed by atoms with van der Waals surface area (Å²) in [4.78, 5) is 33.2. The molecule has 2 rings (SSSR count). The van der Waals surface area contributed by atoms with Crippen molar-refractivity contribution in [2.45, 2.75) is 52.6 Å². The second-order valence-electron chi connectivity index (χ2n) is 7.52. The third kappa shape index (κ3) is 5.97. The molecule has 0 aromatic carbocycles. The molecular formula is C17H29N5O2S. The average Bonchev–Trinajstić information content (AvgIpc) is 2.78. The van der Waals surface area contributed by atoms with E-state index in [4.69, 9.17) is 0 Å². The first kappa shape index (κ1) is 19.7. The molecule has 2 heterocycles. The van der Waals surface area contributed by atoms with Crippen LogP contribution in [0.1, 0.15) is 39.8 Å². The lowest BCUT2D eigenvalue weighted by Gasteiger charge is -2.27. The molecule has 8 heteroatoms. The highest BCUT2D eigenvalue weighted by Crippen LogP contribution is 2.21. The third-order valence-electron chi connectivity index (χ3n) is 4.06. The van der Waals surface area contributed by atoms with Crippen LogP contribution in [0.5, 0.6) is 0 Å². The van der Waals surface area contributed by atoms with Gasteiger partial charge in [-0.05, 0) is 41.0 Å². The minimum Gasteiger partial charge on any atom is -0.347 e. The van der Waals surface area contributed by atoms with Crippen LogP contribution in [0.3, 0.4) is 0 Å². The van der Waals surface area contributed by atoms with Crippen LogP contribution in [0.25, 0.3) is 0 Å². The molecule has 1 aliphatic rings. The fourth-order valence-electron chi connectivity index (χ4n) is 2.76. The van der Waals surface area contributed by atoms with Crippen molar-refractivity contribution in [3.05, 3.63) is 11.1 Å². The number of aromatic nitrogens is 1. The SMILES string of the molecule is Cc1csc(N2CCCN([C@@H](C)C(=O)NC(=O)NC(C)(C)C)CC2)n1. The summed E-state index contributed by atoms with van der Waals surface area (Å²) in [6.07, 6.45) is 0.963. The number of carbonyl (C=O) groups excluding carboxylic acids is 2. The Labute approximate surface area is 153 Å². The van der Waals surface area contributed by atoms with Gasteiger partial charge in [0.05, 0.1) is 11.7 Å². The molecule has 1 aromatic rings. The van der Waals surface area contributed by atoms with Gasteiger partial charge in [0.25, 0.3) is 0 Å². The van der Waals surface area contributed by atoms with E-state index in [0.29, 0.717) is 0 Å². The van der Waals surface area contributed by atoms with Crippen LogP contribution in [0.4, 0.5) is 9.93 Å². The quantitative estimate of drug-likeness (QED) is 0.854. The number of carbonyl (C=O) groups is 2. The van der Waals surface area contributed by atoms with E-state index in [9.17, 15) is 9.59 Å². The van der Waals surface area contributed by atoms with Gasteiger partial charge in [-0.3, -0.25) is 15.0 Å². The fourth-order valence-corrected chi connectivity index (χ4v) is 3.61. The molecule has 0 spiro atoms. The van der Waals surface area contributed by atoms with E-state index in [1.807, 2.05) is 34.6 Å². The van der Waals surface area contributed by atoms with E-state index in [2.05, 4.69) is 30.8 Å². The van der Waals surface area contributed by atoms with Gasteiger partial charge in [-0.15, -0.1) is 11.3 Å². The van der Waals surface area contributed by atoms with Crippen molar-refractivity contribution in [2.75, 3.05) is 31.1 Å². The zero-order valence-electron chi connectivity index (χ0n) is 15.8. The number of nitrogens with one attached hydrogen (secondary N) is 2. The molecule has 25 heavy (non-hydrogen) atoms. The van der Waals surface area contributed by atoms with E-state index in [0.717, 1.165) is 43.4 Å². The van der Waals surface area contributed by atoms with Gasteiger partial charge in [-0.2, -0.15) is 0 Å². The number of anilines is 1. The molecule has 0 radical (unpaired) electrons. The van der Waals surface area contributed by atoms with Gasteiger partial charge in [0.15, 0.2) is 5.13 Å². The van der Waals surface area contributed by atoms with Gasteiger partial charge in [-0.25, -0.2) is 9.78 Å². The lowest BCUT2D eigenvalue weighted by Crippen LogP contribution is -2.53. The zero-order valence-corrected chi connectivity index (χ0v) is 16.6. The highest BCUT2D eigenvalue weighted by Gasteiger charge is 2.26. The number of hydrogen-bond acceptors (Lipinski definition) is 6. The Kier molecular flexibility index (Phi) is 6.40. The normalized spacial score (nSPS) is 17.7. The molecule has 0 unspecified atom stereocenters. The third-order valence-corrected chi connectivity index (χ3v) is 5.08. The molecule has 3 amide bonds. The number of hydrogen-bond donors (Lipinski definition) is 2. The Balaban J connectivity index is 1.88. The summed E-state index contributed by atoms with van der Waals surface area (Å²) >= 11 is 1.66. The standard InChI is InChI=1S/C17H29N5O2S/c1-12-11-25-16(18-12)22-8-6-7-21(9-10-22)13(2)14(23)19-15(24)20-17(3,4)5/h11,13H,6-10H2,1-5H3,(H2,19,20,23,24)/t13-/m0/s1. The highest BCUT2D eigenvalue weighted by molar-refractivity contribution is 7.13. The van der Waals surface area contributed by atoms with Crippen LogP contribution >= 0.6 is 11.3 Å². The van der Waals surface area contributed by atoms with Crippen molar-refractivity contribution in [1.82, 2.24) is 20.5 Å². The second kappa shape index (κ2) is 8.14. The van der Waals surface area contributed by atoms with E-state index < -0.39 is 6.03 Å². The monoisotopic (exact) mass is 367 g/mol. The molecule has 0 bridgehead atoms. The van der Waals surface area contributed by atoms with Crippen LogP contribution in [0.15, 0.2) is 5.38 Å². The lowest BCUT2D eigenvalue weighted by atomic mass is 10.1. The smallest absolute Gasteiger partial charge is 0.321 e. The maximum Gasteiger partial charge on any atom is 0.321 e. The van der Waals surface area contributed by atoms with Gasteiger partial charge < -0.3 is 10.2 Å². The van der Waals surface area contributed by atoms with Crippen molar-refractivity contribution in [3.63, 3.8) is 0 Å². The molecule has 0 saturated carbocycles. The topological polar surface area (TPSA) is 77.6 Å². The van der Waals surface area contributed by atoms with Crippen molar-refractivity contribution < 1.29 is 9.59 Å². The van der Waals surface area contributed by atoms with E-state index in [-0.39, 0.29) is 17.5 Å². The first-order chi connectivity index (χ1) is 11.7. The van der Waals surface area contributed by atoms with Crippen molar-refractivity contribution in [1.29, 1.82) is 0 Å². The molecule has 1 fully saturated rings. The maximum atomic E-state index is 12.4. The van der Waals surface area contributed by atoms with Crippen LogP contribution in [-0.4, -0.2) is 59.6 Å². The number of rotatable bonds is 3. The molecule has 1 atom stereocenters. The van der Waals surface area contributed by atoms with Crippen LogP contribution < -0.4 is 15.5 Å². The first-order valence-corrected chi connectivity index (χ1v) is 9.58. The number of amides is 3. The van der Waals surface area contributed by atoms with Gasteiger partial charge in [0, 0.05) is 37.1 Å². The summed E-state index contributed by atoms with van der Waals surface area (Å²) < 4.78 is 0. The molecule has 0 aliphatic carbocycles. The van der Waals surface area contributed by atoms with Crippen molar-refractivity contribution in [3.8, 4) is 0 Å². The number of aryl methyl sites for hydroxylation is 1. The Bertz CT molecular complexity index is 610. The summed E-state index contributed by atoms with van der Waals surface area (Å²) in [5.41, 5.74) is 0.668. The molecule has 7 nitrogen and oxygen atoms in total. The molecule has 1 aromatic heterocycles. The highest BCUT2D eigenvalue weighted by atomic mass is 32.1. The summed E-state index contributed by atoms with van der Waals surface area (Å²) in [7, 11) is 0. The Morgan fingerprint density at radius 2 is 1.96 bits per heavy atom. The zero-order chi connectivity index (χ0) is 18.6. The van der Waals surface area contributed by atoms with Crippen molar-refractivity contribution >= 4 is 28.4 Å². The summed E-state index contributed by atoms with van der Waals surface area (Å²) in [6, 6.07) is -0.789. The van der Waals surface area contributed by atoms with Gasteiger partial charge in [-0.1, -0.05) is 0 Å². The number of thiazole rings is 1. The van der Waals surface area contributed by atoms with Gasteiger partial charge in [0.1, 0.15) is 0 Å². The van der Waals surface area contributed by atoms with Gasteiger partial charge in [0.2, 0.25) is 5.91 Å². The van der Waals surface area contributed by atoms with Crippen LogP contribution in [0, 0.1) is 6.92 Å².